The average molecular weight is 220 g/mol. The van der Waals surface area contributed by atoms with Gasteiger partial charge in [0.2, 0.25) is 0 Å². The minimum Gasteiger partial charge on any atom is -1.00 e. The van der Waals surface area contributed by atoms with Crippen LogP contribution in [-0.2, 0) is 9.09 Å². The first-order valence-corrected chi connectivity index (χ1v) is 3.98. The summed E-state index contributed by atoms with van der Waals surface area (Å²) in [6.07, 6.45) is -1.24. The number of phosphoric acid groups is 1. The summed E-state index contributed by atoms with van der Waals surface area (Å²) in [6.45, 7) is -1.15. The molecule has 0 saturated carbocycles. The molecule has 1 atom stereocenters. The summed E-state index contributed by atoms with van der Waals surface area (Å²) in [5.74, 6) is 0. The smallest absolute Gasteiger partial charge is 1.00 e. The van der Waals surface area contributed by atoms with Gasteiger partial charge in [-0.25, -0.2) is 4.57 Å². The number of hydrogen-bond acceptors (Lipinski definition) is 4. The van der Waals surface area contributed by atoms with Gasteiger partial charge in [-0.15, -0.1) is 0 Å². The standard InChI is InChI=1S/C3H9O6P.2Na.2H/c4-1-3(5)2-9-10(6,7)8;;;;/h3-5H,1-2H2,(H2,6,7,8);;;;/q;2*+1;2*-1. The van der Waals surface area contributed by atoms with E-state index in [1.807, 2.05) is 0 Å². The fourth-order valence-corrected chi connectivity index (χ4v) is 0.602. The third-order valence-electron chi connectivity index (χ3n) is 0.646. The minimum absolute atomic E-state index is 0. The van der Waals surface area contributed by atoms with Crippen LogP contribution in [-0.4, -0.2) is 39.3 Å². The monoisotopic (exact) mass is 220 g/mol. The summed E-state index contributed by atoms with van der Waals surface area (Å²) < 4.78 is 13.8. The SMILES string of the molecule is O=P(O)(O)OCC(O)CO.[H-].[H-].[Na+].[Na+]. The number of aliphatic hydroxyl groups excluding tert-OH is 2. The van der Waals surface area contributed by atoms with Crippen molar-refractivity contribution in [1.29, 1.82) is 0 Å². The van der Waals surface area contributed by atoms with Gasteiger partial charge < -0.3 is 22.9 Å². The molecule has 0 saturated heterocycles. The third kappa shape index (κ3) is 14.5. The maximum absolute atomic E-state index is 9.93. The van der Waals surface area contributed by atoms with E-state index in [1.54, 1.807) is 0 Å². The number of rotatable bonds is 4. The van der Waals surface area contributed by atoms with Crippen molar-refractivity contribution in [2.45, 2.75) is 6.10 Å². The van der Waals surface area contributed by atoms with Crippen LogP contribution in [0.15, 0.2) is 0 Å². The number of phosphoric ester groups is 1. The number of aliphatic hydroxyl groups is 2. The topological polar surface area (TPSA) is 107 Å². The molecule has 0 aliphatic heterocycles. The molecule has 0 aromatic carbocycles. The van der Waals surface area contributed by atoms with Crippen molar-refractivity contribution in [3.05, 3.63) is 0 Å². The van der Waals surface area contributed by atoms with Crippen molar-refractivity contribution < 1.29 is 91.1 Å². The van der Waals surface area contributed by atoms with E-state index in [-0.39, 0.29) is 62.0 Å². The Morgan fingerprint density at radius 3 is 2.08 bits per heavy atom. The van der Waals surface area contributed by atoms with Crippen LogP contribution in [0.3, 0.4) is 0 Å². The second-order valence-electron chi connectivity index (χ2n) is 1.62. The van der Waals surface area contributed by atoms with Crippen molar-refractivity contribution >= 4 is 7.82 Å². The minimum atomic E-state index is -4.50. The molecule has 12 heavy (non-hydrogen) atoms. The van der Waals surface area contributed by atoms with Gasteiger partial charge in [0, 0.05) is 0 Å². The second-order valence-corrected chi connectivity index (χ2v) is 2.86. The van der Waals surface area contributed by atoms with Gasteiger partial charge >= 0.3 is 66.9 Å². The third-order valence-corrected chi connectivity index (χ3v) is 1.13. The number of hydrogen-bond donors (Lipinski definition) is 4. The Morgan fingerprint density at radius 2 is 1.83 bits per heavy atom. The summed E-state index contributed by atoms with van der Waals surface area (Å²) in [5, 5.41) is 16.7. The molecule has 0 heterocycles. The van der Waals surface area contributed by atoms with Crippen LogP contribution in [0.5, 0.6) is 0 Å². The largest absolute Gasteiger partial charge is 1.00 e. The quantitative estimate of drug-likeness (QED) is 0.277. The van der Waals surface area contributed by atoms with Crippen LogP contribution in [0.4, 0.5) is 0 Å². The van der Waals surface area contributed by atoms with E-state index < -0.39 is 27.1 Å². The fourth-order valence-electron chi connectivity index (χ4n) is 0.236. The van der Waals surface area contributed by atoms with Crippen molar-refractivity contribution in [3.8, 4) is 0 Å². The van der Waals surface area contributed by atoms with Crippen LogP contribution in [0, 0.1) is 0 Å². The Bertz CT molecular complexity index is 145. The Morgan fingerprint density at radius 1 is 1.42 bits per heavy atom. The van der Waals surface area contributed by atoms with Crippen LogP contribution >= 0.6 is 7.82 Å². The molecule has 9 heteroatoms. The zero-order valence-electron chi connectivity index (χ0n) is 9.04. The molecule has 0 aliphatic rings. The van der Waals surface area contributed by atoms with E-state index in [4.69, 9.17) is 20.0 Å². The summed E-state index contributed by atoms with van der Waals surface area (Å²) in [7, 11) is -4.50. The molecular weight excluding hydrogens is 209 g/mol. The van der Waals surface area contributed by atoms with Gasteiger partial charge in [0.15, 0.2) is 0 Å². The van der Waals surface area contributed by atoms with Crippen molar-refractivity contribution in [2.75, 3.05) is 13.2 Å². The first-order chi connectivity index (χ1) is 4.45. The summed E-state index contributed by atoms with van der Waals surface area (Å²) in [6, 6.07) is 0. The predicted molar refractivity (Wildman–Crippen MR) is 33.3 cm³/mol. The Labute approximate surface area is 117 Å². The molecule has 0 aromatic rings. The van der Waals surface area contributed by atoms with Gasteiger partial charge in [-0.1, -0.05) is 0 Å². The normalized spacial score (nSPS) is 12.7. The zero-order chi connectivity index (χ0) is 8.20. The molecular formula is C3H11Na2O6P. The van der Waals surface area contributed by atoms with E-state index in [0.717, 1.165) is 0 Å². The molecule has 6 nitrogen and oxygen atoms in total. The molecule has 0 fully saturated rings. The molecule has 1 unspecified atom stereocenters. The van der Waals surface area contributed by atoms with Gasteiger partial charge in [-0.05, 0) is 0 Å². The van der Waals surface area contributed by atoms with Gasteiger partial charge in [0.25, 0.3) is 0 Å². The van der Waals surface area contributed by atoms with Crippen molar-refractivity contribution in [2.24, 2.45) is 0 Å². The van der Waals surface area contributed by atoms with Crippen molar-refractivity contribution in [1.82, 2.24) is 0 Å². The maximum Gasteiger partial charge on any atom is 1.00 e. The van der Waals surface area contributed by atoms with E-state index in [1.165, 1.54) is 0 Å². The van der Waals surface area contributed by atoms with E-state index >= 15 is 0 Å². The van der Waals surface area contributed by atoms with Crippen LogP contribution in [0.25, 0.3) is 0 Å². The molecule has 4 N–H and O–H groups in total. The van der Waals surface area contributed by atoms with E-state index in [2.05, 4.69) is 4.52 Å². The molecule has 0 rings (SSSR count). The van der Waals surface area contributed by atoms with Gasteiger partial charge in [0.1, 0.15) is 6.10 Å². The van der Waals surface area contributed by atoms with Crippen LogP contribution in [0.1, 0.15) is 2.85 Å². The fraction of sp³-hybridized carbons (Fsp3) is 1.00. The molecule has 0 bridgehead atoms. The summed E-state index contributed by atoms with van der Waals surface area (Å²) in [5.41, 5.74) is 0. The summed E-state index contributed by atoms with van der Waals surface area (Å²) >= 11 is 0. The molecule has 0 spiro atoms. The average Bonchev–Trinajstić information content (AvgIpc) is 1.81. The Balaban J connectivity index is -0.0000000675. The first-order valence-electron chi connectivity index (χ1n) is 2.44. The van der Waals surface area contributed by atoms with Crippen LogP contribution < -0.4 is 59.1 Å². The Kier molecular flexibility index (Phi) is 15.6. The molecule has 0 aromatic heterocycles. The van der Waals surface area contributed by atoms with Gasteiger partial charge in [-0.3, -0.25) is 4.52 Å². The predicted octanol–water partition coefficient (Wildman–Crippen LogP) is -7.32. The zero-order valence-corrected chi connectivity index (χ0v) is 11.9. The van der Waals surface area contributed by atoms with Crippen LogP contribution in [0.2, 0.25) is 0 Å². The molecule has 0 amide bonds. The van der Waals surface area contributed by atoms with E-state index in [0.29, 0.717) is 0 Å². The first kappa shape index (κ1) is 19.6. The van der Waals surface area contributed by atoms with Gasteiger partial charge in [0.05, 0.1) is 13.2 Å². The molecule has 66 valence electrons. The molecule has 0 radical (unpaired) electrons. The van der Waals surface area contributed by atoms with E-state index in [9.17, 15) is 4.57 Å². The second kappa shape index (κ2) is 9.58. The molecule has 0 aliphatic carbocycles. The Hall–Kier alpha value is 2.03. The summed E-state index contributed by atoms with van der Waals surface area (Å²) in [4.78, 5) is 16.1. The maximum atomic E-state index is 9.93. The van der Waals surface area contributed by atoms with Gasteiger partial charge in [-0.2, -0.15) is 0 Å². The van der Waals surface area contributed by atoms with Crippen molar-refractivity contribution in [3.63, 3.8) is 0 Å².